The van der Waals surface area contributed by atoms with Gasteiger partial charge in [0.2, 0.25) is 0 Å². The Morgan fingerprint density at radius 1 is 0.439 bits per heavy atom. The van der Waals surface area contributed by atoms with Crippen LogP contribution in [0.2, 0.25) is 0 Å². The molecule has 12 heteroatoms. The Balaban J connectivity index is -0.000000173. The molecule has 0 aliphatic carbocycles. The van der Waals surface area contributed by atoms with Gasteiger partial charge in [0.25, 0.3) is 0 Å². The van der Waals surface area contributed by atoms with Crippen LogP contribution in [-0.2, 0) is 52.5 Å². The molecule has 0 aromatic rings. The van der Waals surface area contributed by atoms with Crippen LogP contribution in [0.4, 0.5) is 0 Å². The predicted molar refractivity (Wildman–Crippen MR) is 273 cm³/mol. The molecule has 0 heterocycles. The molecule has 2 atom stereocenters. The summed E-state index contributed by atoms with van der Waals surface area (Å²) in [5.74, 6) is 2.73. The monoisotopic (exact) mass is 947 g/mol. The van der Waals surface area contributed by atoms with Crippen LogP contribution in [0.5, 0.6) is 0 Å². The highest BCUT2D eigenvalue weighted by Crippen LogP contribution is 2.13. The molecule has 0 saturated carbocycles. The molecule has 0 bridgehead atoms. The summed E-state index contributed by atoms with van der Waals surface area (Å²) in [4.78, 5) is 76.7. The maximum absolute atomic E-state index is 11.4. The number of quaternary nitrogens is 1. The Bertz CT molecular complexity index is 1140. The van der Waals surface area contributed by atoms with Gasteiger partial charge in [0.1, 0.15) is 42.8 Å². The molecule has 0 radical (unpaired) electrons. The molecule has 12 nitrogen and oxygen atoms in total. The first kappa shape index (κ1) is 74.4. The van der Waals surface area contributed by atoms with E-state index in [1.807, 2.05) is 83.1 Å². The fourth-order valence-electron chi connectivity index (χ4n) is 5.21. The van der Waals surface area contributed by atoms with Crippen LogP contribution in [-0.4, -0.2) is 98.8 Å². The van der Waals surface area contributed by atoms with E-state index in [2.05, 4.69) is 62.7 Å². The van der Waals surface area contributed by atoms with Gasteiger partial charge >= 0.3 is 23.9 Å². The van der Waals surface area contributed by atoms with Crippen LogP contribution in [0.15, 0.2) is 0 Å². The van der Waals surface area contributed by atoms with Crippen molar-refractivity contribution in [1.29, 1.82) is 0 Å². The highest BCUT2D eigenvalue weighted by Gasteiger charge is 2.19. The van der Waals surface area contributed by atoms with E-state index in [1.165, 1.54) is 13.0 Å². The van der Waals surface area contributed by atoms with Crippen molar-refractivity contribution in [2.24, 2.45) is 35.5 Å². The van der Waals surface area contributed by atoms with E-state index in [0.29, 0.717) is 67.8 Å². The summed E-state index contributed by atoms with van der Waals surface area (Å²) < 4.78 is 21.9. The lowest BCUT2D eigenvalue weighted by Crippen LogP contribution is -2.35. The van der Waals surface area contributed by atoms with Gasteiger partial charge in [0.15, 0.2) is 0 Å². The first-order valence-corrected chi connectivity index (χ1v) is 25.4. The number of ketones is 3. The average Bonchev–Trinajstić information content (AvgIpc) is 3.18. The van der Waals surface area contributed by atoms with Crippen LogP contribution < -0.4 is 0 Å². The van der Waals surface area contributed by atoms with Crippen LogP contribution >= 0.6 is 0 Å². The molecule has 394 valence electrons. The molecule has 0 aliphatic heterocycles. The number of esters is 4. The normalized spacial score (nSPS) is 11.5. The molecule has 0 aliphatic rings. The van der Waals surface area contributed by atoms with Crippen LogP contribution in [0.3, 0.4) is 0 Å². The Morgan fingerprint density at radius 2 is 0.742 bits per heavy atom. The van der Waals surface area contributed by atoms with E-state index in [9.17, 15) is 33.6 Å². The van der Waals surface area contributed by atoms with Gasteiger partial charge in [0, 0.05) is 56.8 Å². The molecule has 0 amide bonds. The van der Waals surface area contributed by atoms with Gasteiger partial charge in [-0.2, -0.15) is 0 Å². The highest BCUT2D eigenvalue weighted by atomic mass is 16.6. The number of hydrogen-bond acceptors (Lipinski definition) is 11. The third-order valence-electron chi connectivity index (χ3n) is 8.80. The van der Waals surface area contributed by atoms with E-state index in [-0.39, 0.29) is 66.9 Å². The molecular formula is C54H108NO11+. The molecule has 0 saturated heterocycles. The number of hydrogen-bond donors (Lipinski definition) is 0. The van der Waals surface area contributed by atoms with E-state index >= 15 is 0 Å². The summed E-state index contributed by atoms with van der Waals surface area (Å²) in [7, 11) is 6.72. The number of nitrogens with zero attached hydrogens (tertiary/aromatic N) is 1. The van der Waals surface area contributed by atoms with E-state index < -0.39 is 0 Å². The number of ether oxygens (including phenoxy) is 4. The molecule has 0 N–H and O–H groups in total. The van der Waals surface area contributed by atoms with Crippen LogP contribution in [0, 0.1) is 35.5 Å². The average molecular weight is 947 g/mol. The van der Waals surface area contributed by atoms with Gasteiger partial charge in [-0.25, -0.2) is 0 Å². The Labute approximate surface area is 407 Å². The van der Waals surface area contributed by atoms with Gasteiger partial charge in [-0.1, -0.05) is 125 Å². The van der Waals surface area contributed by atoms with Crippen molar-refractivity contribution in [2.75, 3.05) is 40.9 Å². The third kappa shape index (κ3) is 67.4. The lowest BCUT2D eigenvalue weighted by Gasteiger charge is -2.24. The maximum atomic E-state index is 11.4. The topological polar surface area (TPSA) is 156 Å². The van der Waals surface area contributed by atoms with Crippen molar-refractivity contribution in [3.8, 4) is 0 Å². The minimum Gasteiger partial charge on any atom is -0.462 e. The van der Waals surface area contributed by atoms with Crippen LogP contribution in [0.25, 0.3) is 0 Å². The summed E-state index contributed by atoms with van der Waals surface area (Å²) in [6, 6.07) is 0. The molecule has 0 fully saturated rings. The zero-order valence-electron chi connectivity index (χ0n) is 47.1. The van der Waals surface area contributed by atoms with Gasteiger partial charge in [-0.3, -0.25) is 28.8 Å². The van der Waals surface area contributed by atoms with Gasteiger partial charge in [-0.15, -0.1) is 0 Å². The molecule has 2 unspecified atom stereocenters. The number of rotatable bonds is 27. The fraction of sp³-hybridized carbons (Fsp3) is 0.870. The molecule has 0 aromatic carbocycles. The largest absolute Gasteiger partial charge is 0.462 e. The van der Waals surface area contributed by atoms with Gasteiger partial charge in [-0.05, 0) is 75.5 Å². The SMILES string of the molecule is CC(=O)CC(C)C.CC(C)CC[N+](C)(C)C.CCC(=O)C(C)C.CCC(=O)C(C)C.CCCC(=O)OCC(CC(C)C)OC(=O)CCC.CCCC(=O)OCC(CC(C)C)OC(=O)CCC. The molecule has 0 spiro atoms. The lowest BCUT2D eigenvalue weighted by atomic mass is 10.1. The van der Waals surface area contributed by atoms with Crippen molar-refractivity contribution in [3.63, 3.8) is 0 Å². The molecular weight excluding hydrogens is 839 g/mol. The Kier molecular flexibility index (Phi) is 54.5. The minimum atomic E-state index is -0.315. The van der Waals surface area contributed by atoms with Crippen molar-refractivity contribution in [2.45, 2.75) is 234 Å². The summed E-state index contributed by atoms with van der Waals surface area (Å²) in [5, 5.41) is 0. The van der Waals surface area contributed by atoms with E-state index in [1.54, 1.807) is 6.92 Å². The zero-order valence-corrected chi connectivity index (χ0v) is 47.1. The first-order chi connectivity index (χ1) is 30.4. The minimum absolute atomic E-state index is 0.173. The molecule has 0 aromatic heterocycles. The van der Waals surface area contributed by atoms with Gasteiger partial charge < -0.3 is 28.2 Å². The number of carbonyl (C=O) groups is 7. The van der Waals surface area contributed by atoms with E-state index in [0.717, 1.165) is 55.3 Å². The summed E-state index contributed by atoms with van der Waals surface area (Å²) in [6.45, 7) is 39.3. The smallest absolute Gasteiger partial charge is 0.306 e. The molecule has 66 heavy (non-hydrogen) atoms. The zero-order chi connectivity index (χ0) is 53.0. The maximum Gasteiger partial charge on any atom is 0.306 e. The second kappa shape index (κ2) is 48.3. The number of Topliss-reactive ketones (excluding diaryl/α,β-unsaturated/α-hetero) is 3. The summed E-state index contributed by atoms with van der Waals surface area (Å²) >= 11 is 0. The second-order valence-electron chi connectivity index (χ2n) is 20.3. The van der Waals surface area contributed by atoms with Crippen molar-refractivity contribution in [3.05, 3.63) is 0 Å². The predicted octanol–water partition coefficient (Wildman–Crippen LogP) is 12.8. The van der Waals surface area contributed by atoms with E-state index in [4.69, 9.17) is 18.9 Å². The second-order valence-corrected chi connectivity index (χ2v) is 20.3. The van der Waals surface area contributed by atoms with Crippen LogP contribution in [0.1, 0.15) is 221 Å². The lowest BCUT2D eigenvalue weighted by molar-refractivity contribution is -0.870. The van der Waals surface area contributed by atoms with Crippen molar-refractivity contribution >= 4 is 41.2 Å². The summed E-state index contributed by atoms with van der Waals surface area (Å²) in [5.41, 5.74) is 0. The fourth-order valence-corrected chi connectivity index (χ4v) is 5.21. The standard InChI is InChI=1S/2C14H26O4.C8H20N.3C6H12O/c2*1-5-7-13(15)17-10-12(9-11(3)4)18-14(16)8-6-2;1-8(2)6-7-9(3,4)5;1-5(2)4-6(3)7;2*1-4-6(7)5(2)3/h2*11-12H,5-10H2,1-4H3;8H,6-7H2,1-5H3;3*5H,4H2,1-3H3/q;;+1;;;. The quantitative estimate of drug-likeness (QED) is 0.0439. The summed E-state index contributed by atoms with van der Waals surface area (Å²) in [6.07, 6.45) is 8.94. The Hall–Kier alpha value is -3.15. The van der Waals surface area contributed by atoms with Crippen molar-refractivity contribution in [1.82, 2.24) is 0 Å². The Morgan fingerprint density at radius 3 is 0.894 bits per heavy atom. The first-order valence-electron chi connectivity index (χ1n) is 25.4. The molecule has 0 rings (SSSR count). The third-order valence-corrected chi connectivity index (χ3v) is 8.80. The van der Waals surface area contributed by atoms with Crippen molar-refractivity contribution < 1.29 is 57.0 Å². The van der Waals surface area contributed by atoms with Gasteiger partial charge in [0.05, 0.1) is 27.7 Å². The number of carbonyl (C=O) groups excluding carboxylic acids is 7. The highest BCUT2D eigenvalue weighted by molar-refractivity contribution is 5.80.